The summed E-state index contributed by atoms with van der Waals surface area (Å²) >= 11 is 0. The standard InChI is InChI=1S/C55H42/c1-32(2)29-36-22-21-34-24-27-46-47(28-25-35-23-26-37(36)52(34)53(35)46)54-42-17-9-11-19-44(42)55(45-20-12-10-18-43(45)54)51-31-50-39-14-6-5-13-38(39)48(33(3)4)30-49(50)40-15-7-8-16-41(40)51/h5-28,30-33H,29H2,1-4H3. The van der Waals surface area contributed by atoms with Gasteiger partial charge in [0.2, 0.25) is 0 Å². The summed E-state index contributed by atoms with van der Waals surface area (Å²) in [5, 5.41) is 21.2. The van der Waals surface area contributed by atoms with Gasteiger partial charge in [-0.2, -0.15) is 0 Å². The van der Waals surface area contributed by atoms with Gasteiger partial charge in [0.05, 0.1) is 0 Å². The van der Waals surface area contributed by atoms with Crippen LogP contribution in [0.3, 0.4) is 0 Å². The van der Waals surface area contributed by atoms with E-state index in [1.807, 2.05) is 0 Å². The molecule has 0 aromatic heterocycles. The van der Waals surface area contributed by atoms with Crippen molar-refractivity contribution < 1.29 is 0 Å². The Balaban J connectivity index is 1.27. The predicted octanol–water partition coefficient (Wildman–Crippen LogP) is 16.0. The molecule has 0 aliphatic heterocycles. The van der Waals surface area contributed by atoms with Crippen molar-refractivity contribution in [2.45, 2.75) is 40.0 Å². The third-order valence-electron chi connectivity index (χ3n) is 12.4. The van der Waals surface area contributed by atoms with Crippen molar-refractivity contribution in [3.63, 3.8) is 0 Å². The lowest BCUT2D eigenvalue weighted by molar-refractivity contribution is 0.650. The SMILES string of the molecule is CC(C)Cc1ccc2ccc3c(-c4c5ccccc5c(-c5cc6c7ccccc7c(C(C)C)cc6c6ccccc56)c5ccccc45)ccc4ccc1c2c43. The van der Waals surface area contributed by atoms with E-state index in [1.165, 1.54) is 120 Å². The molecule has 0 nitrogen and oxygen atoms in total. The van der Waals surface area contributed by atoms with Crippen molar-refractivity contribution in [3.05, 3.63) is 169 Å². The molecule has 262 valence electrons. The second-order valence-corrected chi connectivity index (χ2v) is 16.4. The molecule has 0 atom stereocenters. The van der Waals surface area contributed by atoms with Crippen molar-refractivity contribution in [3.8, 4) is 22.3 Å². The van der Waals surface area contributed by atoms with E-state index in [2.05, 4.69) is 185 Å². The second-order valence-electron chi connectivity index (χ2n) is 16.4. The molecule has 0 bridgehead atoms. The molecule has 0 N–H and O–H groups in total. The molecule has 0 fully saturated rings. The molecule has 0 aliphatic carbocycles. The first-order valence-corrected chi connectivity index (χ1v) is 20.0. The normalized spacial score (nSPS) is 12.4. The highest BCUT2D eigenvalue weighted by Crippen LogP contribution is 2.50. The minimum Gasteiger partial charge on any atom is -0.0625 e. The van der Waals surface area contributed by atoms with Crippen LogP contribution in [0.1, 0.15) is 44.7 Å². The molecule has 11 aromatic rings. The van der Waals surface area contributed by atoms with Gasteiger partial charge in [-0.3, -0.25) is 0 Å². The fourth-order valence-electron chi connectivity index (χ4n) is 10.1. The molecule has 0 radical (unpaired) electrons. The largest absolute Gasteiger partial charge is 0.0625 e. The zero-order valence-corrected chi connectivity index (χ0v) is 31.9. The summed E-state index contributed by atoms with van der Waals surface area (Å²) in [5.74, 6) is 1.02. The van der Waals surface area contributed by atoms with Crippen molar-refractivity contribution in [2.24, 2.45) is 5.92 Å². The Bertz CT molecular complexity index is 3280. The number of benzene rings is 11. The average Bonchev–Trinajstić information content (AvgIpc) is 3.21. The maximum atomic E-state index is 2.50. The molecule has 0 amide bonds. The van der Waals surface area contributed by atoms with Gasteiger partial charge in [-0.15, -0.1) is 0 Å². The van der Waals surface area contributed by atoms with Crippen LogP contribution in [-0.2, 0) is 6.42 Å². The minimum absolute atomic E-state index is 0.426. The van der Waals surface area contributed by atoms with Crippen LogP contribution in [-0.4, -0.2) is 0 Å². The minimum atomic E-state index is 0.426. The highest BCUT2D eigenvalue weighted by molar-refractivity contribution is 6.31. The van der Waals surface area contributed by atoms with E-state index in [1.54, 1.807) is 0 Å². The van der Waals surface area contributed by atoms with Crippen molar-refractivity contribution >= 4 is 86.2 Å². The first-order valence-electron chi connectivity index (χ1n) is 20.0. The smallest absolute Gasteiger partial charge is 0.00199 e. The highest BCUT2D eigenvalue weighted by atomic mass is 14.3. The Morgan fingerprint density at radius 2 is 0.800 bits per heavy atom. The van der Waals surface area contributed by atoms with Crippen LogP contribution in [0.25, 0.3) is 108 Å². The second kappa shape index (κ2) is 12.1. The maximum Gasteiger partial charge on any atom is -0.00199 e. The summed E-state index contributed by atoms with van der Waals surface area (Å²) in [6.07, 6.45) is 1.08. The molecule has 0 saturated heterocycles. The van der Waals surface area contributed by atoms with E-state index in [4.69, 9.17) is 0 Å². The summed E-state index contributed by atoms with van der Waals surface area (Å²) in [5.41, 5.74) is 8.06. The Morgan fingerprint density at radius 3 is 1.40 bits per heavy atom. The van der Waals surface area contributed by atoms with Crippen LogP contribution in [0.15, 0.2) is 158 Å². The molecule has 0 saturated carbocycles. The Hall–Kier alpha value is -6.24. The Morgan fingerprint density at radius 1 is 0.345 bits per heavy atom. The van der Waals surface area contributed by atoms with Gasteiger partial charge in [0.25, 0.3) is 0 Å². The lowest BCUT2D eigenvalue weighted by atomic mass is 9.81. The van der Waals surface area contributed by atoms with Gasteiger partial charge in [0, 0.05) is 0 Å². The summed E-state index contributed by atoms with van der Waals surface area (Å²) in [4.78, 5) is 0. The molecule has 0 aliphatic rings. The first kappa shape index (κ1) is 32.2. The van der Waals surface area contributed by atoms with Crippen LogP contribution < -0.4 is 0 Å². The number of hydrogen-bond donors (Lipinski definition) is 0. The highest BCUT2D eigenvalue weighted by Gasteiger charge is 2.22. The van der Waals surface area contributed by atoms with Crippen LogP contribution in [0.2, 0.25) is 0 Å². The lowest BCUT2D eigenvalue weighted by Gasteiger charge is -2.22. The fraction of sp³-hybridized carbons (Fsp3) is 0.127. The molecular formula is C55H42. The predicted molar refractivity (Wildman–Crippen MR) is 241 cm³/mol. The van der Waals surface area contributed by atoms with E-state index in [9.17, 15) is 0 Å². The van der Waals surface area contributed by atoms with Crippen molar-refractivity contribution in [2.75, 3.05) is 0 Å². The van der Waals surface area contributed by atoms with Crippen LogP contribution in [0.5, 0.6) is 0 Å². The monoisotopic (exact) mass is 702 g/mol. The molecule has 0 heteroatoms. The van der Waals surface area contributed by atoms with Crippen molar-refractivity contribution in [1.29, 1.82) is 0 Å². The van der Waals surface area contributed by atoms with Gasteiger partial charge in [0.1, 0.15) is 0 Å². The number of fused-ring (bicyclic) bond motifs is 7. The van der Waals surface area contributed by atoms with Gasteiger partial charge in [-0.25, -0.2) is 0 Å². The summed E-state index contributed by atoms with van der Waals surface area (Å²) in [7, 11) is 0. The van der Waals surface area contributed by atoms with Crippen LogP contribution in [0.4, 0.5) is 0 Å². The average molecular weight is 703 g/mol. The Labute approximate surface area is 322 Å². The fourth-order valence-corrected chi connectivity index (χ4v) is 10.1. The van der Waals surface area contributed by atoms with Gasteiger partial charge < -0.3 is 0 Å². The zero-order valence-electron chi connectivity index (χ0n) is 31.9. The van der Waals surface area contributed by atoms with E-state index in [0.29, 0.717) is 11.8 Å². The third kappa shape index (κ3) is 4.71. The molecule has 55 heavy (non-hydrogen) atoms. The molecular weight excluding hydrogens is 661 g/mol. The quantitative estimate of drug-likeness (QED) is 0.124. The topological polar surface area (TPSA) is 0 Å². The van der Waals surface area contributed by atoms with Crippen molar-refractivity contribution in [1.82, 2.24) is 0 Å². The third-order valence-corrected chi connectivity index (χ3v) is 12.4. The van der Waals surface area contributed by atoms with Crippen LogP contribution >= 0.6 is 0 Å². The molecule has 0 spiro atoms. The van der Waals surface area contributed by atoms with E-state index in [-0.39, 0.29) is 0 Å². The molecule has 0 unspecified atom stereocenters. The summed E-state index contributed by atoms with van der Waals surface area (Å²) in [6.45, 7) is 9.27. The van der Waals surface area contributed by atoms with E-state index in [0.717, 1.165) is 6.42 Å². The molecule has 11 rings (SSSR count). The Kier molecular flexibility index (Phi) is 7.11. The lowest BCUT2D eigenvalue weighted by Crippen LogP contribution is -1.97. The maximum absolute atomic E-state index is 2.50. The molecule has 11 aromatic carbocycles. The van der Waals surface area contributed by atoms with E-state index < -0.39 is 0 Å². The number of hydrogen-bond acceptors (Lipinski definition) is 0. The number of rotatable bonds is 5. The van der Waals surface area contributed by atoms with Crippen LogP contribution in [0, 0.1) is 5.92 Å². The van der Waals surface area contributed by atoms with Gasteiger partial charge in [0.15, 0.2) is 0 Å². The van der Waals surface area contributed by atoms with E-state index >= 15 is 0 Å². The summed E-state index contributed by atoms with van der Waals surface area (Å²) < 4.78 is 0. The summed E-state index contributed by atoms with van der Waals surface area (Å²) in [6, 6.07) is 60.2. The first-order chi connectivity index (χ1) is 27.0. The molecule has 0 heterocycles. The van der Waals surface area contributed by atoms with Gasteiger partial charge in [-0.05, 0) is 150 Å². The van der Waals surface area contributed by atoms with Gasteiger partial charge in [-0.1, -0.05) is 173 Å². The van der Waals surface area contributed by atoms with Gasteiger partial charge >= 0.3 is 0 Å². The zero-order chi connectivity index (χ0) is 36.9.